The van der Waals surface area contributed by atoms with Gasteiger partial charge >= 0.3 is 0 Å². The van der Waals surface area contributed by atoms with Gasteiger partial charge in [0, 0.05) is 48.8 Å². The first-order valence-corrected chi connectivity index (χ1v) is 9.38. The Labute approximate surface area is 159 Å². The van der Waals surface area contributed by atoms with E-state index in [1.165, 1.54) is 0 Å². The van der Waals surface area contributed by atoms with E-state index in [0.29, 0.717) is 10.0 Å². The summed E-state index contributed by atoms with van der Waals surface area (Å²) in [4.78, 5) is 13.5. The van der Waals surface area contributed by atoms with Gasteiger partial charge in [-0.1, -0.05) is 36.2 Å². The lowest BCUT2D eigenvalue weighted by Crippen LogP contribution is -2.46. The smallest absolute Gasteiger partial charge is 0.134 e. The number of likely N-dealkylation sites (N-methyl/N-ethyl adjacent to an activating group) is 1. The molecule has 0 unspecified atom stereocenters. The fourth-order valence-electron chi connectivity index (χ4n) is 2.96. The lowest BCUT2D eigenvalue weighted by atomic mass is 10.1. The number of rotatable bonds is 6. The number of nitrogens with zero attached hydrogens (tertiary/aromatic N) is 4. The number of hydrogen-bond donors (Lipinski definition) is 1. The van der Waals surface area contributed by atoms with Gasteiger partial charge in [0.15, 0.2) is 0 Å². The van der Waals surface area contributed by atoms with Crippen LogP contribution in [0, 0.1) is 0 Å². The van der Waals surface area contributed by atoms with E-state index in [-0.39, 0.29) is 0 Å². The SMILES string of the molecule is CCN1CCN(c2cc(NCCc3ccc(Cl)cc3Cl)ncn2)CC1. The summed E-state index contributed by atoms with van der Waals surface area (Å²) in [6.07, 6.45) is 2.43. The van der Waals surface area contributed by atoms with Crippen LogP contribution in [-0.4, -0.2) is 54.1 Å². The predicted octanol–water partition coefficient (Wildman–Crippen LogP) is 3.58. The number of halogens is 2. The van der Waals surface area contributed by atoms with Crippen LogP contribution in [0.15, 0.2) is 30.6 Å². The highest BCUT2D eigenvalue weighted by atomic mass is 35.5. The van der Waals surface area contributed by atoms with Crippen molar-refractivity contribution >= 4 is 34.8 Å². The van der Waals surface area contributed by atoms with E-state index in [2.05, 4.69) is 32.0 Å². The van der Waals surface area contributed by atoms with Crippen LogP contribution in [-0.2, 0) is 6.42 Å². The number of hydrogen-bond acceptors (Lipinski definition) is 5. The van der Waals surface area contributed by atoms with Gasteiger partial charge < -0.3 is 15.1 Å². The molecular formula is C18H23Cl2N5. The Hall–Kier alpha value is -1.56. The zero-order valence-corrected chi connectivity index (χ0v) is 15.9. The predicted molar refractivity (Wildman–Crippen MR) is 105 cm³/mol. The van der Waals surface area contributed by atoms with E-state index in [0.717, 1.165) is 62.9 Å². The molecule has 1 aromatic heterocycles. The summed E-state index contributed by atoms with van der Waals surface area (Å²) in [7, 11) is 0. The normalized spacial score (nSPS) is 15.4. The molecule has 0 atom stereocenters. The van der Waals surface area contributed by atoms with Crippen LogP contribution >= 0.6 is 23.2 Å². The van der Waals surface area contributed by atoms with Gasteiger partial charge in [-0.25, -0.2) is 9.97 Å². The maximum absolute atomic E-state index is 6.21. The minimum atomic E-state index is 0.658. The molecular weight excluding hydrogens is 357 g/mol. The molecule has 2 heterocycles. The zero-order valence-electron chi connectivity index (χ0n) is 14.4. The monoisotopic (exact) mass is 379 g/mol. The van der Waals surface area contributed by atoms with Gasteiger partial charge in [-0.3, -0.25) is 0 Å². The van der Waals surface area contributed by atoms with Crippen LogP contribution in [0.1, 0.15) is 12.5 Å². The van der Waals surface area contributed by atoms with E-state index in [4.69, 9.17) is 23.2 Å². The molecule has 0 spiro atoms. The number of piperazine rings is 1. The van der Waals surface area contributed by atoms with Crippen LogP contribution in [0.25, 0.3) is 0 Å². The minimum Gasteiger partial charge on any atom is -0.370 e. The van der Waals surface area contributed by atoms with Crippen molar-refractivity contribution in [2.24, 2.45) is 0 Å². The first-order chi connectivity index (χ1) is 12.2. The lowest BCUT2D eigenvalue weighted by molar-refractivity contribution is 0.270. The molecule has 5 nitrogen and oxygen atoms in total. The lowest BCUT2D eigenvalue weighted by Gasteiger charge is -2.34. The van der Waals surface area contributed by atoms with Crippen molar-refractivity contribution in [1.29, 1.82) is 0 Å². The second-order valence-corrected chi connectivity index (χ2v) is 6.94. The van der Waals surface area contributed by atoms with Crippen molar-refractivity contribution in [3.05, 3.63) is 46.2 Å². The first kappa shape index (κ1) is 18.2. The summed E-state index contributed by atoms with van der Waals surface area (Å²) in [6, 6.07) is 7.62. The van der Waals surface area contributed by atoms with Gasteiger partial charge in [0.1, 0.15) is 18.0 Å². The molecule has 1 saturated heterocycles. The average molecular weight is 380 g/mol. The summed E-state index contributed by atoms with van der Waals surface area (Å²) in [5.41, 5.74) is 1.07. The van der Waals surface area contributed by atoms with Gasteiger partial charge in [0.2, 0.25) is 0 Å². The third kappa shape index (κ3) is 4.97. The molecule has 3 rings (SSSR count). The standard InChI is InChI=1S/C18H23Cl2N5/c1-2-24-7-9-25(10-8-24)18-12-17(22-13-23-18)21-6-5-14-3-4-15(19)11-16(14)20/h3-4,11-13H,2,5-10H2,1H3,(H,21,22,23). The highest BCUT2D eigenvalue weighted by Gasteiger charge is 2.17. The summed E-state index contributed by atoms with van der Waals surface area (Å²) in [5, 5.41) is 4.71. The van der Waals surface area contributed by atoms with Crippen molar-refractivity contribution in [3.63, 3.8) is 0 Å². The summed E-state index contributed by atoms with van der Waals surface area (Å²) < 4.78 is 0. The van der Waals surface area contributed by atoms with Crippen LogP contribution < -0.4 is 10.2 Å². The number of benzene rings is 1. The minimum absolute atomic E-state index is 0.658. The molecule has 1 aliphatic rings. The van der Waals surface area contributed by atoms with E-state index in [9.17, 15) is 0 Å². The molecule has 0 saturated carbocycles. The average Bonchev–Trinajstić information content (AvgIpc) is 2.64. The maximum atomic E-state index is 6.21. The van der Waals surface area contributed by atoms with Crippen LogP contribution in [0.3, 0.4) is 0 Å². The van der Waals surface area contributed by atoms with Crippen molar-refractivity contribution in [2.45, 2.75) is 13.3 Å². The van der Waals surface area contributed by atoms with Crippen molar-refractivity contribution in [3.8, 4) is 0 Å². The first-order valence-electron chi connectivity index (χ1n) is 8.63. The Bertz CT molecular complexity index is 702. The Morgan fingerprint density at radius 3 is 2.60 bits per heavy atom. The second-order valence-electron chi connectivity index (χ2n) is 6.10. The molecule has 0 amide bonds. The molecule has 2 aromatic rings. The highest BCUT2D eigenvalue weighted by Crippen LogP contribution is 2.21. The quantitative estimate of drug-likeness (QED) is 0.830. The Morgan fingerprint density at radius 1 is 1.08 bits per heavy atom. The third-order valence-corrected chi connectivity index (χ3v) is 5.10. The van der Waals surface area contributed by atoms with Gasteiger partial charge in [0.25, 0.3) is 0 Å². The van der Waals surface area contributed by atoms with E-state index >= 15 is 0 Å². The van der Waals surface area contributed by atoms with Crippen LogP contribution in [0.2, 0.25) is 10.0 Å². The molecule has 1 aromatic carbocycles. The Balaban J connectivity index is 1.55. The fourth-order valence-corrected chi connectivity index (χ4v) is 3.46. The van der Waals surface area contributed by atoms with Gasteiger partial charge in [-0.2, -0.15) is 0 Å². The summed E-state index contributed by atoms with van der Waals surface area (Å²) in [6.45, 7) is 8.24. The molecule has 0 aliphatic carbocycles. The van der Waals surface area contributed by atoms with Crippen molar-refractivity contribution in [1.82, 2.24) is 14.9 Å². The summed E-state index contributed by atoms with van der Waals surface area (Å²) >= 11 is 12.1. The maximum Gasteiger partial charge on any atom is 0.134 e. The fraction of sp³-hybridized carbons (Fsp3) is 0.444. The van der Waals surface area contributed by atoms with Gasteiger partial charge in [0.05, 0.1) is 0 Å². The van der Waals surface area contributed by atoms with Gasteiger partial charge in [-0.15, -0.1) is 0 Å². The summed E-state index contributed by atoms with van der Waals surface area (Å²) in [5.74, 6) is 1.82. The molecule has 1 fully saturated rings. The third-order valence-electron chi connectivity index (χ3n) is 4.51. The largest absolute Gasteiger partial charge is 0.370 e. The number of aromatic nitrogens is 2. The van der Waals surface area contributed by atoms with Gasteiger partial charge in [-0.05, 0) is 30.7 Å². The van der Waals surface area contributed by atoms with Crippen molar-refractivity contribution in [2.75, 3.05) is 49.5 Å². The van der Waals surface area contributed by atoms with E-state index in [1.807, 2.05) is 18.2 Å². The molecule has 134 valence electrons. The Kier molecular flexibility index (Phi) is 6.34. The Morgan fingerprint density at radius 2 is 1.88 bits per heavy atom. The molecule has 25 heavy (non-hydrogen) atoms. The molecule has 0 radical (unpaired) electrons. The second kappa shape index (κ2) is 8.70. The molecule has 1 aliphatic heterocycles. The van der Waals surface area contributed by atoms with Crippen molar-refractivity contribution < 1.29 is 0 Å². The van der Waals surface area contributed by atoms with E-state index in [1.54, 1.807) is 12.4 Å². The van der Waals surface area contributed by atoms with Crippen LogP contribution in [0.4, 0.5) is 11.6 Å². The molecule has 7 heteroatoms. The van der Waals surface area contributed by atoms with Crippen LogP contribution in [0.5, 0.6) is 0 Å². The molecule has 1 N–H and O–H groups in total. The highest BCUT2D eigenvalue weighted by molar-refractivity contribution is 6.35. The molecule has 0 bridgehead atoms. The topological polar surface area (TPSA) is 44.3 Å². The van der Waals surface area contributed by atoms with E-state index < -0.39 is 0 Å². The number of anilines is 2. The number of nitrogens with one attached hydrogen (secondary N) is 1. The zero-order chi connectivity index (χ0) is 17.6.